The Morgan fingerprint density at radius 1 is 1.19 bits per heavy atom. The summed E-state index contributed by atoms with van der Waals surface area (Å²) in [5.74, 6) is -0.0986. The molecule has 0 aliphatic carbocycles. The monoisotopic (exact) mass is 355 g/mol. The largest absolute Gasteiger partial charge is 0.505 e. The minimum absolute atomic E-state index is 0.0963. The van der Waals surface area contributed by atoms with E-state index in [9.17, 15) is 14.3 Å². The molecular weight excluding hydrogens is 329 g/mol. The molecule has 1 N–H and O–H groups in total. The van der Waals surface area contributed by atoms with E-state index in [1.165, 1.54) is 17.7 Å². The first-order chi connectivity index (χ1) is 12.5. The molecule has 0 amide bonds. The van der Waals surface area contributed by atoms with E-state index in [2.05, 4.69) is 36.1 Å². The van der Waals surface area contributed by atoms with Crippen molar-refractivity contribution in [2.24, 2.45) is 11.8 Å². The van der Waals surface area contributed by atoms with Crippen molar-refractivity contribution in [1.82, 2.24) is 4.90 Å². The van der Waals surface area contributed by atoms with Crippen LogP contribution in [0, 0.1) is 17.7 Å². The van der Waals surface area contributed by atoms with Gasteiger partial charge in [-0.25, -0.2) is 4.39 Å². The third-order valence-electron chi connectivity index (χ3n) is 5.36. The Bertz CT molecular complexity index is 747. The molecule has 0 spiro atoms. The normalized spacial score (nSPS) is 20.4. The minimum Gasteiger partial charge on any atom is -0.505 e. The molecule has 0 radical (unpaired) electrons. The molecule has 2 atom stereocenters. The molecule has 138 valence electrons. The van der Waals surface area contributed by atoms with Gasteiger partial charge in [-0.1, -0.05) is 37.3 Å². The maximum absolute atomic E-state index is 13.4. The van der Waals surface area contributed by atoms with E-state index in [4.69, 9.17) is 0 Å². The average Bonchev–Trinajstić information content (AvgIpc) is 2.97. The zero-order valence-corrected chi connectivity index (χ0v) is 15.2. The van der Waals surface area contributed by atoms with Crippen LogP contribution < -0.4 is 0 Å². The molecule has 1 heterocycles. The van der Waals surface area contributed by atoms with Crippen LogP contribution in [-0.2, 0) is 6.42 Å². The fourth-order valence-corrected chi connectivity index (χ4v) is 3.84. The minimum atomic E-state index is -0.746. The lowest BCUT2D eigenvalue weighted by atomic mass is 9.92. The zero-order chi connectivity index (χ0) is 18.5. The molecule has 1 saturated heterocycles. The predicted octanol–water partition coefficient (Wildman–Crippen LogP) is 4.30. The van der Waals surface area contributed by atoms with Gasteiger partial charge in [0.1, 0.15) is 0 Å². The van der Waals surface area contributed by atoms with Crippen molar-refractivity contribution in [3.63, 3.8) is 0 Å². The Hall–Kier alpha value is -2.20. The van der Waals surface area contributed by atoms with E-state index in [0.717, 1.165) is 38.4 Å². The first-order valence-corrected chi connectivity index (χ1v) is 9.31. The van der Waals surface area contributed by atoms with E-state index < -0.39 is 11.6 Å². The number of carbonyl (C=O) groups excluding carboxylic acids is 1. The Balaban J connectivity index is 1.48. The molecule has 2 aromatic carbocycles. The number of ketones is 1. The molecule has 0 bridgehead atoms. The lowest BCUT2D eigenvalue weighted by Crippen LogP contribution is -2.28. The van der Waals surface area contributed by atoms with Gasteiger partial charge in [0, 0.05) is 18.7 Å². The van der Waals surface area contributed by atoms with Crippen molar-refractivity contribution >= 4 is 5.78 Å². The second-order valence-electron chi connectivity index (χ2n) is 7.40. The maximum atomic E-state index is 13.4. The van der Waals surface area contributed by atoms with E-state index in [-0.39, 0.29) is 5.78 Å². The number of halogens is 1. The van der Waals surface area contributed by atoms with Gasteiger partial charge in [-0.2, -0.15) is 0 Å². The Morgan fingerprint density at radius 3 is 2.69 bits per heavy atom. The molecule has 1 fully saturated rings. The molecule has 3 rings (SSSR count). The molecule has 4 heteroatoms. The number of phenolic OH excluding ortho intramolecular Hbond substituents is 1. The fraction of sp³-hybridized carbons (Fsp3) is 0.409. The van der Waals surface area contributed by atoms with E-state index >= 15 is 0 Å². The Labute approximate surface area is 154 Å². The molecule has 0 saturated carbocycles. The van der Waals surface area contributed by atoms with Crippen LogP contribution in [0.3, 0.4) is 0 Å². The summed E-state index contributed by atoms with van der Waals surface area (Å²) in [6.45, 7) is 4.38. The van der Waals surface area contributed by atoms with Crippen molar-refractivity contribution < 1.29 is 14.3 Å². The number of carbonyl (C=O) groups is 1. The lowest BCUT2D eigenvalue weighted by molar-refractivity contribution is 0.0941. The zero-order valence-electron chi connectivity index (χ0n) is 15.2. The molecule has 0 aromatic heterocycles. The maximum Gasteiger partial charge on any atom is 0.176 e. The van der Waals surface area contributed by atoms with Gasteiger partial charge >= 0.3 is 0 Å². The molecule has 3 nitrogen and oxygen atoms in total. The number of nitrogens with zero attached hydrogens (tertiary/aromatic N) is 1. The van der Waals surface area contributed by atoms with E-state index in [1.54, 1.807) is 0 Å². The van der Waals surface area contributed by atoms with Crippen molar-refractivity contribution in [2.45, 2.75) is 26.2 Å². The number of hydrogen-bond acceptors (Lipinski definition) is 3. The lowest BCUT2D eigenvalue weighted by Gasteiger charge is -2.15. The highest BCUT2D eigenvalue weighted by atomic mass is 19.1. The first kappa shape index (κ1) is 18.6. The summed E-state index contributed by atoms with van der Waals surface area (Å²) in [6.07, 6.45) is 3.41. The summed E-state index contributed by atoms with van der Waals surface area (Å²) in [5, 5.41) is 9.25. The summed E-state index contributed by atoms with van der Waals surface area (Å²) in [6, 6.07) is 14.4. The van der Waals surface area contributed by atoms with Gasteiger partial charge in [-0.05, 0) is 54.9 Å². The van der Waals surface area contributed by atoms with Gasteiger partial charge in [0.2, 0.25) is 0 Å². The molecule has 0 unspecified atom stereocenters. The first-order valence-electron chi connectivity index (χ1n) is 9.31. The third kappa shape index (κ3) is 4.70. The second-order valence-corrected chi connectivity index (χ2v) is 7.40. The number of benzene rings is 2. The quantitative estimate of drug-likeness (QED) is 0.753. The van der Waals surface area contributed by atoms with Crippen LogP contribution in [0.2, 0.25) is 0 Å². The van der Waals surface area contributed by atoms with Crippen LogP contribution in [0.4, 0.5) is 4.39 Å². The summed E-state index contributed by atoms with van der Waals surface area (Å²) in [7, 11) is 0. The van der Waals surface area contributed by atoms with Crippen LogP contribution in [0.5, 0.6) is 5.75 Å². The summed E-state index contributed by atoms with van der Waals surface area (Å²) in [5.41, 5.74) is 1.69. The topological polar surface area (TPSA) is 40.5 Å². The van der Waals surface area contributed by atoms with Gasteiger partial charge in [0.25, 0.3) is 0 Å². The molecule has 1 aliphatic heterocycles. The third-order valence-corrected chi connectivity index (χ3v) is 5.36. The second kappa shape index (κ2) is 8.45. The number of phenols is 1. The number of aryl methyl sites for hydroxylation is 1. The highest BCUT2D eigenvalue weighted by molar-refractivity contribution is 5.97. The predicted molar refractivity (Wildman–Crippen MR) is 101 cm³/mol. The molecule has 1 aliphatic rings. The van der Waals surface area contributed by atoms with Crippen LogP contribution >= 0.6 is 0 Å². The van der Waals surface area contributed by atoms with Crippen LogP contribution in [0.15, 0.2) is 48.5 Å². The van der Waals surface area contributed by atoms with Crippen LogP contribution in [0.25, 0.3) is 0 Å². The van der Waals surface area contributed by atoms with Gasteiger partial charge < -0.3 is 5.11 Å². The van der Waals surface area contributed by atoms with Crippen molar-refractivity contribution in [2.75, 3.05) is 19.6 Å². The molecule has 2 aromatic rings. The summed E-state index contributed by atoms with van der Waals surface area (Å²) >= 11 is 0. The molecular formula is C22H26FNO2. The van der Waals surface area contributed by atoms with Gasteiger partial charge in [-0.15, -0.1) is 0 Å². The smallest absolute Gasteiger partial charge is 0.176 e. The van der Waals surface area contributed by atoms with E-state index in [1.807, 2.05) is 6.07 Å². The summed E-state index contributed by atoms with van der Waals surface area (Å²) < 4.78 is 13.4. The standard InChI is InChI=1S/C22H26FNO2/c1-16-13-24(15-22(26)18-10-11-21(25)20(23)12-18)14-19(16)9-5-8-17-6-3-2-4-7-17/h2-4,6-7,10-12,16,19,25H,5,8-9,13-15H2,1H3/t16-,19+/m0/s1. The van der Waals surface area contributed by atoms with Crippen molar-refractivity contribution in [3.8, 4) is 5.75 Å². The number of likely N-dealkylation sites (tertiary alicyclic amines) is 1. The van der Waals surface area contributed by atoms with E-state index in [0.29, 0.717) is 23.9 Å². The number of Topliss-reactive ketones (excluding diaryl/α,β-unsaturated/α-hetero) is 1. The van der Waals surface area contributed by atoms with Crippen molar-refractivity contribution in [3.05, 3.63) is 65.5 Å². The van der Waals surface area contributed by atoms with Gasteiger partial charge in [-0.3, -0.25) is 9.69 Å². The van der Waals surface area contributed by atoms with Crippen molar-refractivity contribution in [1.29, 1.82) is 0 Å². The molecule has 26 heavy (non-hydrogen) atoms. The van der Waals surface area contributed by atoms with Gasteiger partial charge in [0.05, 0.1) is 6.54 Å². The average molecular weight is 355 g/mol. The number of aromatic hydroxyl groups is 1. The summed E-state index contributed by atoms with van der Waals surface area (Å²) in [4.78, 5) is 14.6. The Morgan fingerprint density at radius 2 is 1.96 bits per heavy atom. The van der Waals surface area contributed by atoms with Crippen LogP contribution in [0.1, 0.15) is 35.7 Å². The number of hydrogen-bond donors (Lipinski definition) is 1. The Kier molecular flexibility index (Phi) is 6.04. The number of rotatable bonds is 7. The van der Waals surface area contributed by atoms with Gasteiger partial charge in [0.15, 0.2) is 17.3 Å². The van der Waals surface area contributed by atoms with Crippen LogP contribution in [-0.4, -0.2) is 35.4 Å². The highest BCUT2D eigenvalue weighted by Gasteiger charge is 2.30. The highest BCUT2D eigenvalue weighted by Crippen LogP contribution is 2.28. The SMILES string of the molecule is C[C@H]1CN(CC(=O)c2ccc(O)c(F)c2)C[C@H]1CCCc1ccccc1. The fourth-order valence-electron chi connectivity index (χ4n) is 3.84.